The van der Waals surface area contributed by atoms with Crippen molar-refractivity contribution in [3.8, 4) is 0 Å². The van der Waals surface area contributed by atoms with Gasteiger partial charge in [0.25, 0.3) is 0 Å². The minimum Gasteiger partial charge on any atom is -0.391 e. The highest BCUT2D eigenvalue weighted by atomic mass is 16.3. The Bertz CT molecular complexity index is 284. The van der Waals surface area contributed by atoms with Gasteiger partial charge in [0.15, 0.2) is 0 Å². The van der Waals surface area contributed by atoms with Crippen LogP contribution in [0.15, 0.2) is 0 Å². The second kappa shape index (κ2) is 6.11. The highest BCUT2D eigenvalue weighted by Gasteiger charge is 2.41. The summed E-state index contributed by atoms with van der Waals surface area (Å²) in [7, 11) is 0. The van der Waals surface area contributed by atoms with Crippen molar-refractivity contribution < 1.29 is 5.11 Å². The van der Waals surface area contributed by atoms with Gasteiger partial charge in [0.1, 0.15) is 0 Å². The van der Waals surface area contributed by atoms with Gasteiger partial charge in [0, 0.05) is 38.3 Å². The van der Waals surface area contributed by atoms with Gasteiger partial charge < -0.3 is 5.11 Å². The summed E-state index contributed by atoms with van der Waals surface area (Å²) in [6.45, 7) is 13.6. The van der Waals surface area contributed by atoms with Crippen molar-refractivity contribution in [2.45, 2.75) is 71.6 Å². The molecule has 19 heavy (non-hydrogen) atoms. The van der Waals surface area contributed by atoms with E-state index >= 15 is 0 Å². The first-order valence-corrected chi connectivity index (χ1v) is 8.12. The summed E-state index contributed by atoms with van der Waals surface area (Å²) in [5.41, 5.74) is 0.0940. The molecule has 3 atom stereocenters. The van der Waals surface area contributed by atoms with Gasteiger partial charge in [0.2, 0.25) is 0 Å². The van der Waals surface area contributed by atoms with E-state index in [-0.39, 0.29) is 11.5 Å². The lowest BCUT2D eigenvalue weighted by molar-refractivity contribution is -0.0698. The Morgan fingerprint density at radius 2 is 1.84 bits per heavy atom. The summed E-state index contributed by atoms with van der Waals surface area (Å²) in [6, 6.07) is 1.10. The van der Waals surface area contributed by atoms with Crippen LogP contribution in [0.25, 0.3) is 0 Å². The molecule has 0 bridgehead atoms. The van der Waals surface area contributed by atoms with E-state index in [9.17, 15) is 5.11 Å². The molecular weight excluding hydrogens is 236 g/mol. The molecule has 2 aliphatic rings. The lowest BCUT2D eigenvalue weighted by Crippen LogP contribution is -2.58. The standard InChI is InChI=1S/C16H32N2O/c1-5-13(2)17-9-11-18(12-10-17)14-7-6-8-16(3,4)15(14)19/h13-15,19H,5-12H2,1-4H3. The SMILES string of the molecule is CCC(C)N1CCN(C2CCCC(C)(C)C2O)CC1. The van der Waals surface area contributed by atoms with Crippen LogP contribution in [-0.2, 0) is 0 Å². The lowest BCUT2D eigenvalue weighted by atomic mass is 9.72. The highest BCUT2D eigenvalue weighted by molar-refractivity contribution is 4.94. The van der Waals surface area contributed by atoms with Gasteiger partial charge in [-0.3, -0.25) is 9.80 Å². The monoisotopic (exact) mass is 268 g/mol. The summed E-state index contributed by atoms with van der Waals surface area (Å²) in [5, 5.41) is 10.6. The molecule has 1 saturated heterocycles. The van der Waals surface area contributed by atoms with E-state index in [0.29, 0.717) is 12.1 Å². The molecule has 2 fully saturated rings. The molecule has 2 rings (SSSR count). The fourth-order valence-corrected chi connectivity index (χ4v) is 3.74. The number of rotatable bonds is 3. The fraction of sp³-hybridized carbons (Fsp3) is 1.00. The first-order valence-electron chi connectivity index (χ1n) is 8.12. The van der Waals surface area contributed by atoms with E-state index in [4.69, 9.17) is 0 Å². The maximum Gasteiger partial charge on any atom is 0.0746 e. The smallest absolute Gasteiger partial charge is 0.0746 e. The van der Waals surface area contributed by atoms with Crippen molar-refractivity contribution in [2.24, 2.45) is 5.41 Å². The van der Waals surface area contributed by atoms with E-state index < -0.39 is 0 Å². The molecule has 0 spiro atoms. The van der Waals surface area contributed by atoms with Crippen LogP contribution in [-0.4, -0.2) is 59.3 Å². The molecule has 3 nitrogen and oxygen atoms in total. The number of hydrogen-bond donors (Lipinski definition) is 1. The van der Waals surface area contributed by atoms with Crippen molar-refractivity contribution >= 4 is 0 Å². The maximum atomic E-state index is 10.6. The summed E-state index contributed by atoms with van der Waals surface area (Å²) in [6.07, 6.45) is 4.68. The topological polar surface area (TPSA) is 26.7 Å². The van der Waals surface area contributed by atoms with Crippen molar-refractivity contribution in [3.05, 3.63) is 0 Å². The van der Waals surface area contributed by atoms with Crippen LogP contribution in [0.5, 0.6) is 0 Å². The van der Waals surface area contributed by atoms with E-state index in [1.165, 1.54) is 32.4 Å². The average molecular weight is 268 g/mol. The van der Waals surface area contributed by atoms with Crippen molar-refractivity contribution in [2.75, 3.05) is 26.2 Å². The van der Waals surface area contributed by atoms with Gasteiger partial charge in [-0.2, -0.15) is 0 Å². The molecular formula is C16H32N2O. The van der Waals surface area contributed by atoms with E-state index in [1.807, 2.05) is 0 Å². The molecule has 0 aromatic carbocycles. The second-order valence-electron chi connectivity index (χ2n) is 7.22. The van der Waals surface area contributed by atoms with Gasteiger partial charge in [0.05, 0.1) is 6.10 Å². The number of nitrogens with zero attached hydrogens (tertiary/aromatic N) is 2. The third-order valence-electron chi connectivity index (χ3n) is 5.52. The van der Waals surface area contributed by atoms with Crippen LogP contribution in [0.1, 0.15) is 53.4 Å². The Balaban J connectivity index is 1.90. The number of aliphatic hydroxyl groups excluding tert-OH is 1. The zero-order chi connectivity index (χ0) is 14.0. The molecule has 0 aromatic rings. The molecule has 1 saturated carbocycles. The number of hydrogen-bond acceptors (Lipinski definition) is 3. The molecule has 1 N–H and O–H groups in total. The maximum absolute atomic E-state index is 10.6. The van der Waals surface area contributed by atoms with Gasteiger partial charge in [-0.25, -0.2) is 0 Å². The summed E-state index contributed by atoms with van der Waals surface area (Å²) in [5.74, 6) is 0. The molecule has 0 amide bonds. The Morgan fingerprint density at radius 3 is 2.42 bits per heavy atom. The first kappa shape index (κ1) is 15.3. The third kappa shape index (κ3) is 3.32. The summed E-state index contributed by atoms with van der Waals surface area (Å²) >= 11 is 0. The molecule has 112 valence electrons. The highest BCUT2D eigenvalue weighted by Crippen LogP contribution is 2.38. The minimum atomic E-state index is -0.156. The predicted octanol–water partition coefficient (Wildman–Crippen LogP) is 2.34. The molecule has 3 heteroatoms. The van der Waals surface area contributed by atoms with E-state index in [1.54, 1.807) is 0 Å². The van der Waals surface area contributed by atoms with Crippen molar-refractivity contribution in [1.82, 2.24) is 9.80 Å². The normalized spacial score (nSPS) is 35.2. The molecule has 1 heterocycles. The van der Waals surface area contributed by atoms with Gasteiger partial charge in [-0.15, -0.1) is 0 Å². The molecule has 0 radical (unpaired) electrons. The third-order valence-corrected chi connectivity index (χ3v) is 5.52. The van der Waals surface area contributed by atoms with Crippen LogP contribution < -0.4 is 0 Å². The Morgan fingerprint density at radius 1 is 1.21 bits per heavy atom. The van der Waals surface area contributed by atoms with E-state index in [2.05, 4.69) is 37.5 Å². The Labute approximate surface area is 119 Å². The van der Waals surface area contributed by atoms with Crippen LogP contribution in [0, 0.1) is 5.41 Å². The lowest BCUT2D eigenvalue weighted by Gasteiger charge is -2.48. The first-order chi connectivity index (χ1) is 8.95. The van der Waals surface area contributed by atoms with Gasteiger partial charge in [-0.05, 0) is 31.6 Å². The summed E-state index contributed by atoms with van der Waals surface area (Å²) < 4.78 is 0. The van der Waals surface area contributed by atoms with Crippen LogP contribution in [0.3, 0.4) is 0 Å². The Kier molecular flexibility index (Phi) is 4.91. The largest absolute Gasteiger partial charge is 0.391 e. The quantitative estimate of drug-likeness (QED) is 0.851. The van der Waals surface area contributed by atoms with Gasteiger partial charge >= 0.3 is 0 Å². The molecule has 1 aliphatic carbocycles. The zero-order valence-electron chi connectivity index (χ0n) is 13.2. The minimum absolute atomic E-state index is 0.0940. The van der Waals surface area contributed by atoms with Crippen LogP contribution >= 0.6 is 0 Å². The zero-order valence-corrected chi connectivity index (χ0v) is 13.2. The number of aliphatic hydroxyl groups is 1. The second-order valence-corrected chi connectivity index (χ2v) is 7.22. The van der Waals surface area contributed by atoms with Crippen molar-refractivity contribution in [1.29, 1.82) is 0 Å². The van der Waals surface area contributed by atoms with Crippen LogP contribution in [0.4, 0.5) is 0 Å². The molecule has 1 aliphatic heterocycles. The van der Waals surface area contributed by atoms with Crippen molar-refractivity contribution in [3.63, 3.8) is 0 Å². The van der Waals surface area contributed by atoms with Crippen LogP contribution in [0.2, 0.25) is 0 Å². The predicted molar refractivity (Wildman–Crippen MR) is 80.3 cm³/mol. The molecule has 3 unspecified atom stereocenters. The summed E-state index contributed by atoms with van der Waals surface area (Å²) in [4.78, 5) is 5.14. The fourth-order valence-electron chi connectivity index (χ4n) is 3.74. The Hall–Kier alpha value is -0.120. The molecule has 0 aromatic heterocycles. The number of piperazine rings is 1. The van der Waals surface area contributed by atoms with E-state index in [0.717, 1.165) is 19.5 Å². The average Bonchev–Trinajstić information content (AvgIpc) is 2.41. The van der Waals surface area contributed by atoms with Gasteiger partial charge in [-0.1, -0.05) is 27.2 Å².